The molecule has 16 heavy (non-hydrogen) atoms. The van der Waals surface area contributed by atoms with Gasteiger partial charge in [-0.2, -0.15) is 0 Å². The molecular weight excluding hydrogens is 227 g/mol. The maximum atomic E-state index is 13.3. The molecule has 1 aromatic carbocycles. The third-order valence-electron chi connectivity index (χ3n) is 2.16. The number of hydrogen-bond donors (Lipinski definition) is 1. The van der Waals surface area contributed by atoms with Crippen LogP contribution in [-0.4, -0.2) is 4.98 Å². The van der Waals surface area contributed by atoms with Crippen molar-refractivity contribution in [2.24, 2.45) is 0 Å². The minimum Gasteiger partial charge on any atom is -0.365 e. The Bertz CT molecular complexity index is 442. The third kappa shape index (κ3) is 2.49. The van der Waals surface area contributed by atoms with E-state index in [1.807, 2.05) is 0 Å². The van der Waals surface area contributed by atoms with E-state index in [-0.39, 0.29) is 5.82 Å². The van der Waals surface area contributed by atoms with Crippen LogP contribution in [0, 0.1) is 5.82 Å². The Hall–Kier alpha value is -1.61. The highest BCUT2D eigenvalue weighted by molar-refractivity contribution is 6.32. The maximum Gasteiger partial charge on any atom is 0.145 e. The Morgan fingerprint density at radius 3 is 2.75 bits per heavy atom. The number of nitrogens with one attached hydrogen (secondary N) is 1. The van der Waals surface area contributed by atoms with Crippen LogP contribution in [0.15, 0.2) is 42.6 Å². The summed E-state index contributed by atoms with van der Waals surface area (Å²) in [6.07, 6.45) is 1.63. The fourth-order valence-corrected chi connectivity index (χ4v) is 1.52. The lowest BCUT2D eigenvalue weighted by Crippen LogP contribution is -2.03. The van der Waals surface area contributed by atoms with Crippen molar-refractivity contribution >= 4 is 17.4 Å². The number of pyridine rings is 1. The van der Waals surface area contributed by atoms with Gasteiger partial charge in [0.25, 0.3) is 0 Å². The number of nitrogens with zero attached hydrogens (tertiary/aromatic N) is 1. The fraction of sp³-hybridized carbons (Fsp3) is 0.0833. The van der Waals surface area contributed by atoms with Crippen molar-refractivity contribution in [3.8, 4) is 0 Å². The average molecular weight is 237 g/mol. The van der Waals surface area contributed by atoms with Gasteiger partial charge in [0.05, 0.1) is 5.02 Å². The molecule has 2 nitrogen and oxygen atoms in total. The second-order valence-corrected chi connectivity index (χ2v) is 3.69. The molecule has 0 saturated heterocycles. The van der Waals surface area contributed by atoms with E-state index in [0.29, 0.717) is 22.9 Å². The van der Waals surface area contributed by atoms with Gasteiger partial charge in [0.1, 0.15) is 11.6 Å². The van der Waals surface area contributed by atoms with Crippen LogP contribution in [0.2, 0.25) is 5.02 Å². The Labute approximate surface area is 98.1 Å². The Kier molecular flexibility index (Phi) is 3.37. The minimum atomic E-state index is -0.234. The van der Waals surface area contributed by atoms with Gasteiger partial charge >= 0.3 is 0 Å². The van der Waals surface area contributed by atoms with Crippen molar-refractivity contribution in [1.82, 2.24) is 4.98 Å². The number of hydrogen-bond acceptors (Lipinski definition) is 2. The van der Waals surface area contributed by atoms with Crippen molar-refractivity contribution in [2.45, 2.75) is 6.54 Å². The number of anilines is 1. The van der Waals surface area contributed by atoms with E-state index in [0.717, 1.165) is 0 Å². The molecule has 0 aliphatic carbocycles. The predicted molar refractivity (Wildman–Crippen MR) is 63.0 cm³/mol. The lowest BCUT2D eigenvalue weighted by atomic mass is 10.2. The lowest BCUT2D eigenvalue weighted by Gasteiger charge is -2.07. The van der Waals surface area contributed by atoms with E-state index in [2.05, 4.69) is 10.3 Å². The minimum absolute atomic E-state index is 0.234. The predicted octanol–water partition coefficient (Wildman–Crippen LogP) is 3.49. The fourth-order valence-electron chi connectivity index (χ4n) is 1.34. The van der Waals surface area contributed by atoms with Gasteiger partial charge in [-0.05, 0) is 18.2 Å². The third-order valence-corrected chi connectivity index (χ3v) is 2.47. The Balaban J connectivity index is 2.09. The molecule has 2 rings (SSSR count). The van der Waals surface area contributed by atoms with Crippen LogP contribution in [0.4, 0.5) is 10.2 Å². The molecule has 2 aromatic rings. The monoisotopic (exact) mass is 236 g/mol. The van der Waals surface area contributed by atoms with E-state index in [9.17, 15) is 4.39 Å². The molecule has 0 aliphatic heterocycles. The summed E-state index contributed by atoms with van der Waals surface area (Å²) < 4.78 is 13.3. The molecule has 4 heteroatoms. The van der Waals surface area contributed by atoms with Gasteiger partial charge in [0.15, 0.2) is 0 Å². The van der Waals surface area contributed by atoms with Gasteiger partial charge in [-0.3, -0.25) is 0 Å². The number of halogens is 2. The van der Waals surface area contributed by atoms with Gasteiger partial charge in [0, 0.05) is 18.3 Å². The van der Waals surface area contributed by atoms with Crippen LogP contribution < -0.4 is 5.32 Å². The van der Waals surface area contributed by atoms with Crippen LogP contribution >= 0.6 is 11.6 Å². The molecule has 82 valence electrons. The maximum absolute atomic E-state index is 13.3. The first-order valence-electron chi connectivity index (χ1n) is 4.85. The van der Waals surface area contributed by atoms with E-state index >= 15 is 0 Å². The topological polar surface area (TPSA) is 24.9 Å². The summed E-state index contributed by atoms with van der Waals surface area (Å²) >= 11 is 5.91. The summed E-state index contributed by atoms with van der Waals surface area (Å²) in [5.74, 6) is 0.328. The van der Waals surface area contributed by atoms with Crippen LogP contribution in [0.1, 0.15) is 5.56 Å². The average Bonchev–Trinajstić information content (AvgIpc) is 2.30. The van der Waals surface area contributed by atoms with E-state index in [1.165, 1.54) is 6.07 Å². The van der Waals surface area contributed by atoms with Crippen molar-refractivity contribution in [2.75, 3.05) is 5.32 Å². The zero-order valence-corrected chi connectivity index (χ0v) is 9.21. The molecule has 1 N–H and O–H groups in total. The molecule has 0 saturated carbocycles. The van der Waals surface area contributed by atoms with E-state index < -0.39 is 0 Å². The first kappa shape index (κ1) is 10.9. The second-order valence-electron chi connectivity index (χ2n) is 3.28. The molecule has 1 heterocycles. The van der Waals surface area contributed by atoms with Crippen molar-refractivity contribution in [1.29, 1.82) is 0 Å². The summed E-state index contributed by atoms with van der Waals surface area (Å²) in [5.41, 5.74) is 0.587. The molecule has 0 aliphatic rings. The summed E-state index contributed by atoms with van der Waals surface area (Å²) in [7, 11) is 0. The summed E-state index contributed by atoms with van der Waals surface area (Å²) in [6.45, 7) is 0.364. The molecule has 0 atom stereocenters. The zero-order chi connectivity index (χ0) is 11.4. The van der Waals surface area contributed by atoms with Crippen LogP contribution in [0.5, 0.6) is 0 Å². The van der Waals surface area contributed by atoms with Crippen LogP contribution in [-0.2, 0) is 6.54 Å². The number of benzene rings is 1. The molecule has 0 unspecified atom stereocenters. The Morgan fingerprint density at radius 1 is 1.19 bits per heavy atom. The summed E-state index contributed by atoms with van der Waals surface area (Å²) in [6, 6.07) is 10.1. The Morgan fingerprint density at radius 2 is 2.00 bits per heavy atom. The summed E-state index contributed by atoms with van der Waals surface area (Å²) in [5, 5.41) is 3.51. The summed E-state index contributed by atoms with van der Waals surface area (Å²) in [4.78, 5) is 4.06. The molecule has 0 spiro atoms. The first-order valence-corrected chi connectivity index (χ1v) is 5.23. The molecular formula is C12H10ClFN2. The van der Waals surface area contributed by atoms with Gasteiger partial charge in [-0.25, -0.2) is 9.37 Å². The smallest absolute Gasteiger partial charge is 0.145 e. The van der Waals surface area contributed by atoms with Gasteiger partial charge < -0.3 is 5.32 Å². The van der Waals surface area contributed by atoms with Gasteiger partial charge in [-0.1, -0.05) is 29.8 Å². The molecule has 0 amide bonds. The number of aromatic nitrogens is 1. The highest BCUT2D eigenvalue weighted by Crippen LogP contribution is 2.18. The second kappa shape index (κ2) is 4.94. The largest absolute Gasteiger partial charge is 0.365 e. The van der Waals surface area contributed by atoms with Crippen molar-refractivity contribution in [3.05, 3.63) is 59.0 Å². The van der Waals surface area contributed by atoms with E-state index in [4.69, 9.17) is 11.6 Å². The zero-order valence-electron chi connectivity index (χ0n) is 8.45. The van der Waals surface area contributed by atoms with E-state index in [1.54, 1.807) is 36.5 Å². The molecule has 0 fully saturated rings. The normalized spacial score (nSPS) is 10.1. The van der Waals surface area contributed by atoms with Crippen molar-refractivity contribution in [3.63, 3.8) is 0 Å². The first-order chi connectivity index (χ1) is 7.77. The van der Waals surface area contributed by atoms with Gasteiger partial charge in [0.2, 0.25) is 0 Å². The highest BCUT2D eigenvalue weighted by atomic mass is 35.5. The van der Waals surface area contributed by atoms with Crippen molar-refractivity contribution < 1.29 is 4.39 Å². The van der Waals surface area contributed by atoms with Crippen LogP contribution in [0.3, 0.4) is 0 Å². The quantitative estimate of drug-likeness (QED) is 0.883. The SMILES string of the molecule is Fc1ccccc1CNc1ncccc1Cl. The standard InChI is InChI=1S/C12H10ClFN2/c13-10-5-3-7-15-12(10)16-8-9-4-1-2-6-11(9)14/h1-7H,8H2,(H,15,16). The lowest BCUT2D eigenvalue weighted by molar-refractivity contribution is 0.613. The van der Waals surface area contributed by atoms with Gasteiger partial charge in [-0.15, -0.1) is 0 Å². The molecule has 0 bridgehead atoms. The highest BCUT2D eigenvalue weighted by Gasteiger charge is 2.02. The van der Waals surface area contributed by atoms with Crippen LogP contribution in [0.25, 0.3) is 0 Å². The number of rotatable bonds is 3. The molecule has 0 radical (unpaired) electrons. The molecule has 1 aromatic heterocycles.